The predicted molar refractivity (Wildman–Crippen MR) is 78.9 cm³/mol. The maximum Gasteiger partial charge on any atom is 0.339 e. The van der Waals surface area contributed by atoms with Crippen molar-refractivity contribution in [3.05, 3.63) is 53.3 Å². The fourth-order valence-electron chi connectivity index (χ4n) is 2.45. The highest BCUT2D eigenvalue weighted by molar-refractivity contribution is 5.93. The van der Waals surface area contributed by atoms with Crippen LogP contribution in [0, 0.1) is 6.92 Å². The number of fused-ring (bicyclic) bond motifs is 1. The van der Waals surface area contributed by atoms with E-state index >= 15 is 0 Å². The summed E-state index contributed by atoms with van der Waals surface area (Å²) in [5, 5.41) is 9.24. The maximum atomic E-state index is 11.3. The van der Waals surface area contributed by atoms with Gasteiger partial charge >= 0.3 is 5.97 Å². The first kappa shape index (κ1) is 13.4. The average Bonchev–Trinajstić information content (AvgIpc) is 2.49. The number of rotatable bonds is 3. The molecule has 2 aromatic rings. The molecule has 5 heteroatoms. The molecule has 3 rings (SSSR count). The van der Waals surface area contributed by atoms with Gasteiger partial charge in [-0.05, 0) is 30.7 Å². The Hall–Kier alpha value is -2.56. The van der Waals surface area contributed by atoms with E-state index in [0.717, 1.165) is 23.5 Å². The molecule has 5 nitrogen and oxygen atoms in total. The van der Waals surface area contributed by atoms with E-state index in [1.165, 1.54) is 0 Å². The Morgan fingerprint density at radius 1 is 1.38 bits per heavy atom. The van der Waals surface area contributed by atoms with Gasteiger partial charge in [0, 0.05) is 18.4 Å². The van der Waals surface area contributed by atoms with Gasteiger partial charge in [-0.1, -0.05) is 12.1 Å². The largest absolute Gasteiger partial charge is 0.489 e. The third-order valence-corrected chi connectivity index (χ3v) is 3.52. The molecule has 0 atom stereocenters. The Morgan fingerprint density at radius 3 is 2.95 bits per heavy atom. The lowest BCUT2D eigenvalue weighted by Crippen LogP contribution is -2.33. The monoisotopic (exact) mass is 284 g/mol. The molecule has 0 aliphatic carbocycles. The van der Waals surface area contributed by atoms with Crippen LogP contribution in [0.1, 0.15) is 21.6 Å². The minimum Gasteiger partial charge on any atom is -0.489 e. The van der Waals surface area contributed by atoms with Gasteiger partial charge in [0.05, 0.1) is 12.2 Å². The standard InChI is InChI=1S/C16H16N2O3/c1-11-5-6-12(9-17-11)10-18-7-8-21-15-13(16(19)20)3-2-4-14(15)18/h2-6,9H,7-8,10H2,1H3,(H,19,20). The Balaban J connectivity index is 1.92. The molecule has 0 fully saturated rings. The molecule has 0 bridgehead atoms. The van der Waals surface area contributed by atoms with E-state index in [1.54, 1.807) is 12.1 Å². The first-order valence-corrected chi connectivity index (χ1v) is 6.81. The van der Waals surface area contributed by atoms with Crippen molar-refractivity contribution in [1.82, 2.24) is 4.98 Å². The van der Waals surface area contributed by atoms with Gasteiger partial charge in [0.25, 0.3) is 0 Å². The molecule has 0 unspecified atom stereocenters. The van der Waals surface area contributed by atoms with Gasteiger partial charge in [-0.3, -0.25) is 4.98 Å². The molecule has 0 spiro atoms. The van der Waals surface area contributed by atoms with Crippen molar-refractivity contribution >= 4 is 11.7 Å². The van der Waals surface area contributed by atoms with E-state index in [1.807, 2.05) is 31.3 Å². The topological polar surface area (TPSA) is 62.7 Å². The van der Waals surface area contributed by atoms with Crippen LogP contribution in [0.5, 0.6) is 5.75 Å². The molecular weight excluding hydrogens is 268 g/mol. The quantitative estimate of drug-likeness (QED) is 0.938. The lowest BCUT2D eigenvalue weighted by molar-refractivity contribution is 0.0692. The first-order chi connectivity index (χ1) is 10.1. The number of benzene rings is 1. The minimum atomic E-state index is -0.967. The molecule has 0 saturated heterocycles. The number of nitrogens with zero attached hydrogens (tertiary/aromatic N) is 2. The summed E-state index contributed by atoms with van der Waals surface area (Å²) in [7, 11) is 0. The van der Waals surface area contributed by atoms with E-state index in [2.05, 4.69) is 9.88 Å². The number of para-hydroxylation sites is 1. The average molecular weight is 284 g/mol. The summed E-state index contributed by atoms with van der Waals surface area (Å²) < 4.78 is 5.56. The van der Waals surface area contributed by atoms with Crippen molar-refractivity contribution in [3.63, 3.8) is 0 Å². The lowest BCUT2D eigenvalue weighted by atomic mass is 10.1. The van der Waals surface area contributed by atoms with Crippen molar-refractivity contribution in [2.75, 3.05) is 18.1 Å². The second kappa shape index (κ2) is 5.44. The summed E-state index contributed by atoms with van der Waals surface area (Å²) in [6.07, 6.45) is 1.85. The number of aromatic carboxylic acids is 1. The van der Waals surface area contributed by atoms with E-state index in [-0.39, 0.29) is 5.56 Å². The van der Waals surface area contributed by atoms with E-state index in [4.69, 9.17) is 4.74 Å². The van der Waals surface area contributed by atoms with Crippen LogP contribution < -0.4 is 9.64 Å². The third-order valence-electron chi connectivity index (χ3n) is 3.52. The minimum absolute atomic E-state index is 0.208. The number of pyridine rings is 1. The number of anilines is 1. The zero-order valence-electron chi connectivity index (χ0n) is 11.7. The van der Waals surface area contributed by atoms with Gasteiger partial charge < -0.3 is 14.7 Å². The highest BCUT2D eigenvalue weighted by Crippen LogP contribution is 2.35. The molecule has 1 aromatic carbocycles. The third kappa shape index (κ3) is 2.67. The molecular formula is C16H16N2O3. The lowest BCUT2D eigenvalue weighted by Gasteiger charge is -2.32. The zero-order chi connectivity index (χ0) is 14.8. The second-order valence-corrected chi connectivity index (χ2v) is 5.04. The molecule has 0 radical (unpaired) electrons. The molecule has 1 aliphatic heterocycles. The summed E-state index contributed by atoms with van der Waals surface area (Å²) in [4.78, 5) is 17.7. The second-order valence-electron chi connectivity index (χ2n) is 5.04. The van der Waals surface area contributed by atoms with Gasteiger partial charge in [0.1, 0.15) is 12.2 Å². The summed E-state index contributed by atoms with van der Waals surface area (Å²) in [6, 6.07) is 9.22. The van der Waals surface area contributed by atoms with Crippen LogP contribution in [0.2, 0.25) is 0 Å². The van der Waals surface area contributed by atoms with Gasteiger partial charge in [0.15, 0.2) is 5.75 Å². The molecule has 0 amide bonds. The molecule has 1 aliphatic rings. The number of aromatic nitrogens is 1. The number of hydrogen-bond donors (Lipinski definition) is 1. The first-order valence-electron chi connectivity index (χ1n) is 6.81. The van der Waals surface area contributed by atoms with Crippen LogP contribution in [0.4, 0.5) is 5.69 Å². The number of aryl methyl sites for hydroxylation is 1. The molecule has 21 heavy (non-hydrogen) atoms. The molecule has 1 N–H and O–H groups in total. The zero-order valence-corrected chi connectivity index (χ0v) is 11.7. The smallest absolute Gasteiger partial charge is 0.339 e. The van der Waals surface area contributed by atoms with Crippen LogP contribution in [0.25, 0.3) is 0 Å². The number of carboxylic acid groups (broad SMARTS) is 1. The number of carbonyl (C=O) groups is 1. The van der Waals surface area contributed by atoms with Crippen LogP contribution in [0.3, 0.4) is 0 Å². The van der Waals surface area contributed by atoms with E-state index < -0.39 is 5.97 Å². The van der Waals surface area contributed by atoms with Crippen molar-refractivity contribution in [3.8, 4) is 5.75 Å². The van der Waals surface area contributed by atoms with Gasteiger partial charge in [-0.2, -0.15) is 0 Å². The fourth-order valence-corrected chi connectivity index (χ4v) is 2.45. The molecule has 1 aromatic heterocycles. The van der Waals surface area contributed by atoms with Crippen molar-refractivity contribution in [2.24, 2.45) is 0 Å². The fraction of sp³-hybridized carbons (Fsp3) is 0.250. The van der Waals surface area contributed by atoms with Crippen LogP contribution in [0.15, 0.2) is 36.5 Å². The number of ether oxygens (including phenoxy) is 1. The van der Waals surface area contributed by atoms with Crippen molar-refractivity contribution in [1.29, 1.82) is 0 Å². The SMILES string of the molecule is Cc1ccc(CN2CCOc3c(C(=O)O)cccc32)cn1. The van der Waals surface area contributed by atoms with Crippen molar-refractivity contribution in [2.45, 2.75) is 13.5 Å². The Kier molecular flexibility index (Phi) is 3.48. The highest BCUT2D eigenvalue weighted by Gasteiger charge is 2.23. The van der Waals surface area contributed by atoms with Gasteiger partial charge in [0.2, 0.25) is 0 Å². The Bertz CT molecular complexity index is 668. The summed E-state index contributed by atoms with van der Waals surface area (Å²) in [5.74, 6) is -0.512. The van der Waals surface area contributed by atoms with Crippen LogP contribution in [-0.4, -0.2) is 29.2 Å². The Morgan fingerprint density at radius 2 is 2.24 bits per heavy atom. The Labute approximate surface area is 122 Å². The number of hydrogen-bond acceptors (Lipinski definition) is 4. The summed E-state index contributed by atoms with van der Waals surface area (Å²) in [5.41, 5.74) is 3.10. The summed E-state index contributed by atoms with van der Waals surface area (Å²) >= 11 is 0. The normalized spacial score (nSPS) is 13.5. The highest BCUT2D eigenvalue weighted by atomic mass is 16.5. The van der Waals surface area contributed by atoms with Crippen molar-refractivity contribution < 1.29 is 14.6 Å². The van der Waals surface area contributed by atoms with Gasteiger partial charge in [-0.15, -0.1) is 0 Å². The van der Waals surface area contributed by atoms with E-state index in [9.17, 15) is 9.90 Å². The molecule has 0 saturated carbocycles. The van der Waals surface area contributed by atoms with Crippen LogP contribution in [-0.2, 0) is 6.54 Å². The molecule has 2 heterocycles. The number of carboxylic acids is 1. The maximum absolute atomic E-state index is 11.3. The predicted octanol–water partition coefficient (Wildman–Crippen LogP) is 2.49. The molecule has 108 valence electrons. The van der Waals surface area contributed by atoms with Crippen LogP contribution >= 0.6 is 0 Å². The van der Waals surface area contributed by atoms with E-state index in [0.29, 0.717) is 18.9 Å². The van der Waals surface area contributed by atoms with Gasteiger partial charge in [-0.25, -0.2) is 4.79 Å². The summed E-state index contributed by atoms with van der Waals surface area (Å²) in [6.45, 7) is 3.85.